The molecule has 0 bridgehead atoms. The SMILES string of the molecule is CC[C@H](C)[C@@H]1NC(=O)[C@H](C)N(C)C(=O)C[C@@H](C(=O)N2CCCC2)NC(=O)[C@H](CC(C)C)N(C)C(=O)[C@H](CC(C)C)N(C)C(=O)[C@H](CC(C)C)NC(=O)[C@H](CCC2CCC(C(F)(F)F)CC2)NC(=O)CN(C)C(=O)[C@H](CC2CCC(Cl)CC2)N(C)C(=O)CN(C)C(=O)CN(C)C1=O. The van der Waals surface area contributed by atoms with Crippen molar-refractivity contribution >= 4 is 82.5 Å². The highest BCUT2D eigenvalue weighted by atomic mass is 35.5. The first-order valence-electron chi connectivity index (χ1n) is 34.8. The molecule has 12 amide bonds. The lowest BCUT2D eigenvalue weighted by atomic mass is 9.79. The zero-order valence-electron chi connectivity index (χ0n) is 60.0. The maximum Gasteiger partial charge on any atom is 0.391 e. The Kier molecular flexibility index (Phi) is 32.2. The van der Waals surface area contributed by atoms with E-state index in [1.807, 2.05) is 41.5 Å². The molecule has 4 N–H and O–H groups in total. The van der Waals surface area contributed by atoms with E-state index in [2.05, 4.69) is 21.3 Å². The number of nitrogens with one attached hydrogen (secondary N) is 4. The minimum atomic E-state index is -4.36. The predicted octanol–water partition coefficient (Wildman–Crippen LogP) is 5.18. The zero-order chi connectivity index (χ0) is 72.4. The maximum atomic E-state index is 15.2. The van der Waals surface area contributed by atoms with Crippen molar-refractivity contribution in [2.45, 2.75) is 238 Å². The summed E-state index contributed by atoms with van der Waals surface area (Å²) in [7, 11) is 9.71. The Morgan fingerprint density at radius 1 is 0.521 bits per heavy atom. The van der Waals surface area contributed by atoms with Crippen LogP contribution in [0.1, 0.15) is 178 Å². The number of carbonyl (C=O) groups excluding carboxylic acids is 12. The quantitative estimate of drug-likeness (QED) is 0.164. The van der Waals surface area contributed by atoms with Crippen LogP contribution in [-0.4, -0.2) is 252 Å². The highest BCUT2D eigenvalue weighted by Gasteiger charge is 2.44. The molecule has 0 aromatic heterocycles. The number of carbonyl (C=O) groups is 12. The molecule has 0 spiro atoms. The van der Waals surface area contributed by atoms with Crippen LogP contribution in [-0.2, 0) is 57.5 Å². The molecule has 546 valence electrons. The molecule has 0 aromatic rings. The van der Waals surface area contributed by atoms with Crippen molar-refractivity contribution in [3.63, 3.8) is 0 Å². The Bertz CT molecular complexity index is 2690. The van der Waals surface area contributed by atoms with E-state index in [-0.39, 0.29) is 99.2 Å². The van der Waals surface area contributed by atoms with Gasteiger partial charge < -0.3 is 60.5 Å². The number of likely N-dealkylation sites (N-methyl/N-ethyl adjacent to an activating group) is 7. The Balaban J connectivity index is 1.85. The van der Waals surface area contributed by atoms with Crippen LogP contribution >= 0.6 is 11.6 Å². The zero-order valence-corrected chi connectivity index (χ0v) is 60.7. The van der Waals surface area contributed by atoms with Gasteiger partial charge in [0.05, 0.1) is 32.0 Å². The highest BCUT2D eigenvalue weighted by Crippen LogP contribution is 2.41. The Morgan fingerprint density at radius 2 is 1.05 bits per heavy atom. The Hall–Kier alpha value is -6.28. The third-order valence-electron chi connectivity index (χ3n) is 20.1. The number of amides is 12. The highest BCUT2D eigenvalue weighted by molar-refractivity contribution is 6.20. The van der Waals surface area contributed by atoms with Crippen LogP contribution in [0.3, 0.4) is 0 Å². The molecule has 96 heavy (non-hydrogen) atoms. The minimum Gasteiger partial charge on any atom is -0.343 e. The van der Waals surface area contributed by atoms with Gasteiger partial charge in [-0.1, -0.05) is 61.8 Å². The van der Waals surface area contributed by atoms with E-state index in [1.54, 1.807) is 13.8 Å². The van der Waals surface area contributed by atoms with Crippen LogP contribution in [0.15, 0.2) is 0 Å². The summed E-state index contributed by atoms with van der Waals surface area (Å²) in [6, 6.07) is -10.2. The number of halogens is 4. The van der Waals surface area contributed by atoms with Crippen LogP contribution in [0.2, 0.25) is 0 Å². The van der Waals surface area contributed by atoms with E-state index in [4.69, 9.17) is 11.6 Å². The molecule has 4 fully saturated rings. The normalized spacial score (nSPS) is 29.1. The van der Waals surface area contributed by atoms with Crippen molar-refractivity contribution in [3.8, 4) is 0 Å². The van der Waals surface area contributed by atoms with Gasteiger partial charge in [-0.3, -0.25) is 57.5 Å². The molecule has 9 atom stereocenters. The van der Waals surface area contributed by atoms with Gasteiger partial charge in [0.25, 0.3) is 0 Å². The van der Waals surface area contributed by atoms with E-state index >= 15 is 9.59 Å². The summed E-state index contributed by atoms with van der Waals surface area (Å²) in [5.41, 5.74) is 0. The monoisotopic (exact) mass is 1380 g/mol. The second-order valence-electron chi connectivity index (χ2n) is 29.2. The molecule has 0 radical (unpaired) electrons. The molecule has 4 rings (SSSR count). The van der Waals surface area contributed by atoms with Gasteiger partial charge in [0.15, 0.2) is 0 Å². The summed E-state index contributed by atoms with van der Waals surface area (Å²) in [5.74, 6) is -11.2. The smallest absolute Gasteiger partial charge is 0.343 e. The van der Waals surface area contributed by atoms with Crippen LogP contribution < -0.4 is 21.3 Å². The van der Waals surface area contributed by atoms with Gasteiger partial charge in [-0.05, 0) is 145 Å². The van der Waals surface area contributed by atoms with Crippen molar-refractivity contribution in [2.75, 3.05) is 82.1 Å². The topological polar surface area (TPSA) is 279 Å². The minimum absolute atomic E-state index is 0.0499. The van der Waals surface area contributed by atoms with Gasteiger partial charge in [-0.15, -0.1) is 11.6 Å². The summed E-state index contributed by atoms with van der Waals surface area (Å²) < 4.78 is 41.4. The number of rotatable bonds is 14. The van der Waals surface area contributed by atoms with Crippen molar-refractivity contribution < 1.29 is 70.7 Å². The van der Waals surface area contributed by atoms with Gasteiger partial charge in [-0.2, -0.15) is 13.2 Å². The average Bonchev–Trinajstić information content (AvgIpc) is 0.928. The van der Waals surface area contributed by atoms with Gasteiger partial charge in [0.2, 0.25) is 70.9 Å². The third-order valence-corrected chi connectivity index (χ3v) is 20.5. The molecule has 2 aliphatic carbocycles. The van der Waals surface area contributed by atoms with Crippen molar-refractivity contribution in [2.24, 2.45) is 41.4 Å². The third kappa shape index (κ3) is 24.0. The Labute approximate surface area is 572 Å². The first kappa shape index (κ1) is 82.1. The lowest BCUT2D eigenvalue weighted by Gasteiger charge is -2.38. The number of likely N-dealkylation sites (tertiary alicyclic amines) is 1. The number of hydrogen-bond donors (Lipinski definition) is 4. The van der Waals surface area contributed by atoms with Crippen molar-refractivity contribution in [3.05, 3.63) is 0 Å². The summed E-state index contributed by atoms with van der Waals surface area (Å²) in [6.45, 7) is 15.0. The fourth-order valence-electron chi connectivity index (χ4n) is 13.4. The average molecular weight is 1380 g/mol. The van der Waals surface area contributed by atoms with E-state index in [9.17, 15) is 61.1 Å². The van der Waals surface area contributed by atoms with Gasteiger partial charge in [-0.25, -0.2) is 0 Å². The van der Waals surface area contributed by atoms with Crippen LogP contribution in [0.4, 0.5) is 13.2 Å². The van der Waals surface area contributed by atoms with E-state index in [0.29, 0.717) is 58.0 Å². The van der Waals surface area contributed by atoms with Crippen LogP contribution in [0.25, 0.3) is 0 Å². The summed E-state index contributed by atoms with van der Waals surface area (Å²) in [6.07, 6.45) is 0.173. The lowest BCUT2D eigenvalue weighted by Crippen LogP contribution is -2.60. The van der Waals surface area contributed by atoms with E-state index < -0.39 is 163 Å². The molecule has 0 unspecified atom stereocenters. The van der Waals surface area contributed by atoms with Crippen molar-refractivity contribution in [1.29, 1.82) is 0 Å². The largest absolute Gasteiger partial charge is 0.391 e. The predicted molar refractivity (Wildman–Crippen MR) is 358 cm³/mol. The maximum absolute atomic E-state index is 15.2. The molecule has 2 heterocycles. The molecule has 0 aromatic carbocycles. The molecular weight excluding hydrogens is 1270 g/mol. The number of nitrogens with zero attached hydrogens (tertiary/aromatic N) is 8. The molecule has 2 aliphatic heterocycles. The second kappa shape index (κ2) is 37.6. The first-order valence-corrected chi connectivity index (χ1v) is 35.2. The molecule has 2 saturated carbocycles. The fourth-order valence-corrected chi connectivity index (χ4v) is 13.6. The Morgan fingerprint density at radius 3 is 1.60 bits per heavy atom. The van der Waals surface area contributed by atoms with Gasteiger partial charge in [0.1, 0.15) is 48.3 Å². The second-order valence-corrected chi connectivity index (χ2v) is 29.8. The first-order chi connectivity index (χ1) is 44.8. The van der Waals surface area contributed by atoms with Gasteiger partial charge in [0, 0.05) is 67.8 Å². The molecule has 24 nitrogen and oxygen atoms in total. The molecule has 4 aliphatic rings. The summed E-state index contributed by atoms with van der Waals surface area (Å²) >= 11 is 6.49. The standard InChI is InChI=1S/C68H114ClF3N12O12/c1-17-43(8)59-67(96)79(12)38-57(87)77(10)39-58(88)81(14)54(35-46-22-27-48(69)28-23-46)65(94)78(11)37-55(85)73-49(29-24-45-20-25-47(26-21-45)68(70,71)72)61(90)74-50(32-40(2)3)63(92)83(16)53(34-42(6)7)66(95)82(15)52(33-41(4)5)62(91)75-51(64(93)84-30-18-19-31-84)36-56(86)80(13)44(9)60(89)76-59/h40-54,59H,17-39H2,1-16H3,(H,73,85)(H,74,90)(H,75,91)(H,76,89)/t43-,44-,45?,46?,47?,48?,49-,50-,51-,52-,53-,54-,59-/m0/s1. The number of hydrogen-bond acceptors (Lipinski definition) is 12. The number of alkyl halides is 4. The molecule has 28 heteroatoms. The van der Waals surface area contributed by atoms with Crippen LogP contribution in [0.5, 0.6) is 0 Å². The van der Waals surface area contributed by atoms with Crippen LogP contribution in [0, 0.1) is 41.4 Å². The van der Waals surface area contributed by atoms with Gasteiger partial charge >= 0.3 is 6.18 Å². The van der Waals surface area contributed by atoms with Crippen molar-refractivity contribution in [1.82, 2.24) is 60.5 Å². The summed E-state index contributed by atoms with van der Waals surface area (Å²) in [4.78, 5) is 185. The molecular formula is C68H114ClF3N12O12. The fraction of sp³-hybridized carbons (Fsp3) is 0.824. The lowest BCUT2D eigenvalue weighted by molar-refractivity contribution is -0.184. The summed E-state index contributed by atoms with van der Waals surface area (Å²) in [5, 5.41) is 11.1. The van der Waals surface area contributed by atoms with E-state index in [1.165, 1.54) is 75.9 Å². The van der Waals surface area contributed by atoms with E-state index in [0.717, 1.165) is 19.6 Å². The molecule has 2 saturated heterocycles.